The minimum Gasteiger partial charge on any atom is -0.492 e. The lowest BCUT2D eigenvalue weighted by Crippen LogP contribution is -2.49. The van der Waals surface area contributed by atoms with E-state index in [0.717, 1.165) is 59.1 Å². The Kier molecular flexibility index (Phi) is 15.1. The molecule has 0 saturated heterocycles. The summed E-state index contributed by atoms with van der Waals surface area (Å²) in [4.78, 5) is 51.2. The Morgan fingerprint density at radius 1 is 0.971 bits per heavy atom. The van der Waals surface area contributed by atoms with Gasteiger partial charge in [-0.1, -0.05) is 37.3 Å². The van der Waals surface area contributed by atoms with Crippen LogP contribution in [0.4, 0.5) is 10.9 Å². The summed E-state index contributed by atoms with van der Waals surface area (Å²) in [5.41, 5.74) is 4.64. The molecule has 8 rings (SSSR count). The molecule has 4 heterocycles. The number of nitrogens with zero attached hydrogens (tertiary/aromatic N) is 6. The highest BCUT2D eigenvalue weighted by molar-refractivity contribution is 7.85. The summed E-state index contributed by atoms with van der Waals surface area (Å²) >= 11 is 1.38. The summed E-state index contributed by atoms with van der Waals surface area (Å²) < 4.78 is 47.3. The quantitative estimate of drug-likeness (QED) is 0.0383. The number of hydrogen-bond donors (Lipinski definition) is 5. The van der Waals surface area contributed by atoms with E-state index in [9.17, 15) is 27.9 Å². The number of aliphatic carboxylic acids is 1. The third-order valence-corrected chi connectivity index (χ3v) is 15.5. The Morgan fingerprint density at radius 3 is 2.55 bits per heavy atom. The molecule has 370 valence electrons. The highest BCUT2D eigenvalue weighted by atomic mass is 32.2. The fraction of sp³-hybridized carbons (Fsp3) is 0.510. The Hall–Kier alpha value is -5.51. The van der Waals surface area contributed by atoms with Gasteiger partial charge in [0.25, 0.3) is 16.0 Å². The largest absolute Gasteiger partial charge is 0.492 e. The summed E-state index contributed by atoms with van der Waals surface area (Å²) in [5, 5.41) is 31.1. The van der Waals surface area contributed by atoms with E-state index in [0.29, 0.717) is 85.1 Å². The van der Waals surface area contributed by atoms with E-state index in [1.807, 2.05) is 58.8 Å². The van der Waals surface area contributed by atoms with Crippen molar-refractivity contribution < 1.29 is 47.0 Å². The molecular formula is C49H62N8O10S2. The second-order valence-electron chi connectivity index (χ2n) is 19.6. The molecule has 2 saturated carbocycles. The number of carboxylic acids is 2. The van der Waals surface area contributed by atoms with Gasteiger partial charge in [-0.05, 0) is 111 Å². The fourth-order valence-electron chi connectivity index (χ4n) is 11.2. The number of anilines is 2. The molecule has 4 atom stereocenters. The first-order chi connectivity index (χ1) is 32.9. The Balaban J connectivity index is 1.01. The topological polar surface area (TPSA) is 239 Å². The summed E-state index contributed by atoms with van der Waals surface area (Å²) in [6.07, 6.45) is 7.13. The Morgan fingerprint density at radius 2 is 1.78 bits per heavy atom. The highest BCUT2D eigenvalue weighted by Gasteiger charge is 2.51. The second kappa shape index (κ2) is 20.8. The Labute approximate surface area is 406 Å². The lowest BCUT2D eigenvalue weighted by atomic mass is 9.52. The predicted octanol–water partition coefficient (Wildman–Crippen LogP) is 6.63. The number of likely N-dealkylation sites (N-methyl/N-ethyl adjacent to an activating group) is 1. The van der Waals surface area contributed by atoms with E-state index >= 15 is 0 Å². The first-order valence-corrected chi connectivity index (χ1v) is 25.9. The lowest BCUT2D eigenvalue weighted by Gasteiger charge is -2.55. The number of fused-ring (bicyclic) bond motifs is 4. The standard InChI is InChI=1S/C49H62N8O10S2/c1-31-23-48(3)25-33(66-21-18-55(4)19-22-69(63,64)65)26-49(24-31,29-48)30-57-32(2)37(27-51-57)35-10-12-42(53-44(35)46(61)62)56-17-14-34-38(28-56)36(9-11-40(34)67-20-16-50-15-13-43(58)59)45(60)54-47-52-39-7-5-6-8-41(39)68-47/h5-12,27,31,33,50H,13-26,28-30H2,1-4H3,(H,58,59)(H,61,62)(H,52,54,60)(H,63,64,65). The first kappa shape index (κ1) is 49.9. The third kappa shape index (κ3) is 12.1. The van der Waals surface area contributed by atoms with Crippen molar-refractivity contribution in [3.8, 4) is 16.9 Å². The number of para-hydroxylation sites is 1. The van der Waals surface area contributed by atoms with E-state index < -0.39 is 22.1 Å². The van der Waals surface area contributed by atoms with Gasteiger partial charge in [-0.2, -0.15) is 13.5 Å². The van der Waals surface area contributed by atoms with E-state index in [-0.39, 0.29) is 60.4 Å². The number of carbonyl (C=O) groups is 3. The summed E-state index contributed by atoms with van der Waals surface area (Å²) in [6, 6.07) is 14.8. The number of pyridine rings is 1. The lowest BCUT2D eigenvalue weighted by molar-refractivity contribution is -0.136. The van der Waals surface area contributed by atoms with Crippen LogP contribution in [0.15, 0.2) is 54.7 Å². The van der Waals surface area contributed by atoms with Gasteiger partial charge < -0.3 is 34.8 Å². The monoisotopic (exact) mass is 986 g/mol. The molecule has 5 N–H and O–H groups in total. The van der Waals surface area contributed by atoms with Crippen LogP contribution in [0.25, 0.3) is 21.3 Å². The van der Waals surface area contributed by atoms with Gasteiger partial charge in [0.05, 0.1) is 41.3 Å². The number of nitrogens with one attached hydrogen (secondary N) is 2. The van der Waals surface area contributed by atoms with Crippen molar-refractivity contribution in [2.45, 2.75) is 84.9 Å². The van der Waals surface area contributed by atoms with Crippen molar-refractivity contribution >= 4 is 60.5 Å². The molecule has 20 heteroatoms. The minimum absolute atomic E-state index is 0.00240. The van der Waals surface area contributed by atoms with Crippen molar-refractivity contribution in [1.82, 2.24) is 30.0 Å². The second-order valence-corrected chi connectivity index (χ2v) is 22.2. The molecule has 1 amide bonds. The average Bonchev–Trinajstić information content (AvgIpc) is 3.86. The van der Waals surface area contributed by atoms with Crippen LogP contribution in [0, 0.1) is 23.7 Å². The van der Waals surface area contributed by atoms with Gasteiger partial charge in [-0.3, -0.25) is 24.1 Å². The summed E-state index contributed by atoms with van der Waals surface area (Å²) in [7, 11) is -2.23. The van der Waals surface area contributed by atoms with Crippen LogP contribution < -0.4 is 20.3 Å². The molecular weight excluding hydrogens is 925 g/mol. The third-order valence-electron chi connectivity index (χ3n) is 13.8. The zero-order chi connectivity index (χ0) is 49.1. The SMILES string of the molecule is Cc1c(-c2ccc(N3CCc4c(OCCNCCC(=O)O)ccc(C(=O)Nc5nc6ccccc6s5)c4C3)nc2C(=O)O)cnn1CC12CC(C)CC(C)(CC(OCCN(C)CCS(=O)(=O)O)C1)C2. The number of rotatable bonds is 21. The minimum atomic E-state index is -4.04. The van der Waals surface area contributed by atoms with Crippen LogP contribution in [0.5, 0.6) is 5.75 Å². The average molecular weight is 987 g/mol. The number of aromatic nitrogens is 4. The van der Waals surface area contributed by atoms with Crippen molar-refractivity contribution in [1.29, 1.82) is 0 Å². The van der Waals surface area contributed by atoms with Crippen LogP contribution in [-0.2, 0) is 39.2 Å². The Bertz CT molecular complexity index is 2780. The molecule has 2 fully saturated rings. The van der Waals surface area contributed by atoms with Crippen molar-refractivity contribution in [3.63, 3.8) is 0 Å². The number of amides is 1. The maximum Gasteiger partial charge on any atom is 0.355 e. The van der Waals surface area contributed by atoms with Gasteiger partial charge in [0.1, 0.15) is 18.2 Å². The number of benzene rings is 2. The zero-order valence-corrected chi connectivity index (χ0v) is 41.2. The molecule has 2 bridgehead atoms. The van der Waals surface area contributed by atoms with E-state index in [1.165, 1.54) is 11.3 Å². The van der Waals surface area contributed by atoms with Gasteiger partial charge in [0.15, 0.2) is 10.8 Å². The van der Waals surface area contributed by atoms with Crippen molar-refractivity contribution in [2.24, 2.45) is 16.7 Å². The van der Waals surface area contributed by atoms with Crippen LogP contribution in [0.1, 0.15) is 90.0 Å². The number of hydrogen-bond acceptors (Lipinski definition) is 14. The first-order valence-electron chi connectivity index (χ1n) is 23.5. The number of aromatic carboxylic acids is 1. The molecule has 3 aromatic heterocycles. The molecule has 69 heavy (non-hydrogen) atoms. The maximum atomic E-state index is 14.0. The van der Waals surface area contributed by atoms with Crippen LogP contribution in [0.2, 0.25) is 0 Å². The molecule has 0 radical (unpaired) electrons. The smallest absolute Gasteiger partial charge is 0.355 e. The van der Waals surface area contributed by atoms with Crippen LogP contribution in [0.3, 0.4) is 0 Å². The molecule has 2 aromatic carbocycles. The molecule has 5 aromatic rings. The molecule has 18 nitrogen and oxygen atoms in total. The van der Waals surface area contributed by atoms with Gasteiger partial charge >= 0.3 is 11.9 Å². The van der Waals surface area contributed by atoms with E-state index in [1.54, 1.807) is 24.4 Å². The summed E-state index contributed by atoms with van der Waals surface area (Å²) in [5.74, 6) is -1.15. The van der Waals surface area contributed by atoms with Crippen LogP contribution in [-0.4, -0.2) is 131 Å². The maximum absolute atomic E-state index is 14.0. The normalized spacial score (nSPS) is 21.3. The van der Waals surface area contributed by atoms with Gasteiger partial charge in [0, 0.05) is 73.8 Å². The number of thiazole rings is 1. The van der Waals surface area contributed by atoms with Crippen molar-refractivity contribution in [3.05, 3.63) is 82.8 Å². The predicted molar refractivity (Wildman–Crippen MR) is 263 cm³/mol. The molecule has 3 aliphatic rings. The number of carbonyl (C=O) groups excluding carboxylic acids is 1. The number of carboxylic acid groups (broad SMARTS) is 2. The zero-order valence-electron chi connectivity index (χ0n) is 39.6. The molecule has 2 aliphatic carbocycles. The van der Waals surface area contributed by atoms with E-state index in [2.05, 4.69) is 29.5 Å². The highest BCUT2D eigenvalue weighted by Crippen LogP contribution is 2.58. The van der Waals surface area contributed by atoms with Gasteiger partial charge in [-0.25, -0.2) is 14.8 Å². The number of ether oxygens (including phenoxy) is 2. The molecule has 1 aliphatic heterocycles. The molecule has 4 unspecified atom stereocenters. The van der Waals surface area contributed by atoms with Crippen LogP contribution >= 0.6 is 11.3 Å². The fourth-order valence-corrected chi connectivity index (χ4v) is 12.6. The van der Waals surface area contributed by atoms with E-state index in [4.69, 9.17) is 29.2 Å². The summed E-state index contributed by atoms with van der Waals surface area (Å²) in [6.45, 7) is 10.2. The van der Waals surface area contributed by atoms with Gasteiger partial charge in [0.2, 0.25) is 0 Å². The molecule has 0 spiro atoms. The van der Waals surface area contributed by atoms with Gasteiger partial charge in [-0.15, -0.1) is 0 Å². The van der Waals surface area contributed by atoms with Crippen molar-refractivity contribution in [2.75, 3.05) is 69.0 Å².